The SMILES string of the molecule is CCCC(=O)Nc1ccc(NC(=S)NC(=O)c2ccccc2OC(C)C)cc1. The van der Waals surface area contributed by atoms with Crippen LogP contribution in [0.4, 0.5) is 11.4 Å². The predicted octanol–water partition coefficient (Wildman–Crippen LogP) is 4.34. The van der Waals surface area contributed by atoms with Crippen molar-refractivity contribution in [3.8, 4) is 5.75 Å². The minimum Gasteiger partial charge on any atom is -0.490 e. The van der Waals surface area contributed by atoms with Gasteiger partial charge in [0.15, 0.2) is 5.11 Å². The lowest BCUT2D eigenvalue weighted by Gasteiger charge is -2.15. The van der Waals surface area contributed by atoms with Crippen molar-refractivity contribution < 1.29 is 14.3 Å². The van der Waals surface area contributed by atoms with Gasteiger partial charge in [0.25, 0.3) is 5.91 Å². The fourth-order valence-corrected chi connectivity index (χ4v) is 2.64. The van der Waals surface area contributed by atoms with Crippen LogP contribution in [0.3, 0.4) is 0 Å². The molecule has 0 heterocycles. The number of para-hydroxylation sites is 1. The van der Waals surface area contributed by atoms with Crippen molar-refractivity contribution >= 4 is 40.5 Å². The molecule has 0 aliphatic carbocycles. The quantitative estimate of drug-likeness (QED) is 0.604. The Bertz CT molecular complexity index is 835. The number of carbonyl (C=O) groups is 2. The molecule has 0 unspecified atom stereocenters. The van der Waals surface area contributed by atoms with Crippen LogP contribution in [0.25, 0.3) is 0 Å². The topological polar surface area (TPSA) is 79.5 Å². The molecule has 6 nitrogen and oxygen atoms in total. The summed E-state index contributed by atoms with van der Waals surface area (Å²) in [7, 11) is 0. The largest absolute Gasteiger partial charge is 0.490 e. The maximum atomic E-state index is 12.5. The lowest BCUT2D eigenvalue weighted by Crippen LogP contribution is -2.34. The van der Waals surface area contributed by atoms with E-state index in [1.54, 1.807) is 42.5 Å². The van der Waals surface area contributed by atoms with Crippen molar-refractivity contribution in [2.24, 2.45) is 0 Å². The third kappa shape index (κ3) is 6.66. The summed E-state index contributed by atoms with van der Waals surface area (Å²) in [5.74, 6) is 0.135. The third-order valence-corrected chi connectivity index (χ3v) is 3.83. The summed E-state index contributed by atoms with van der Waals surface area (Å²) in [6.07, 6.45) is 1.23. The number of ether oxygens (including phenoxy) is 1. The molecule has 0 fully saturated rings. The molecule has 0 aliphatic rings. The number of amides is 2. The van der Waals surface area contributed by atoms with Gasteiger partial charge >= 0.3 is 0 Å². The summed E-state index contributed by atoms with van der Waals surface area (Å²) in [6, 6.07) is 14.1. The highest BCUT2D eigenvalue weighted by molar-refractivity contribution is 7.80. The van der Waals surface area contributed by atoms with Gasteiger partial charge in [-0.3, -0.25) is 14.9 Å². The molecule has 2 rings (SSSR count). The standard InChI is InChI=1S/C21H25N3O3S/c1-4-7-19(25)22-15-10-12-16(13-11-15)23-21(28)24-20(26)17-8-5-6-9-18(17)27-14(2)3/h5-6,8-14H,4,7H2,1-3H3,(H,22,25)(H2,23,24,26,28). The summed E-state index contributed by atoms with van der Waals surface area (Å²) < 4.78 is 5.67. The molecule has 0 bridgehead atoms. The molecule has 3 N–H and O–H groups in total. The van der Waals surface area contributed by atoms with E-state index in [0.29, 0.717) is 29.1 Å². The van der Waals surface area contributed by atoms with Gasteiger partial charge in [0.2, 0.25) is 5.91 Å². The molecule has 7 heteroatoms. The summed E-state index contributed by atoms with van der Waals surface area (Å²) in [5.41, 5.74) is 1.82. The Morgan fingerprint density at radius 3 is 2.21 bits per heavy atom. The molecule has 0 radical (unpaired) electrons. The van der Waals surface area contributed by atoms with Crippen LogP contribution in [0.2, 0.25) is 0 Å². The summed E-state index contributed by atoms with van der Waals surface area (Å²) >= 11 is 5.23. The van der Waals surface area contributed by atoms with Crippen LogP contribution in [0.1, 0.15) is 44.0 Å². The highest BCUT2D eigenvalue weighted by atomic mass is 32.1. The summed E-state index contributed by atoms with van der Waals surface area (Å²) in [5, 5.41) is 8.60. The molecule has 0 atom stereocenters. The fourth-order valence-electron chi connectivity index (χ4n) is 2.43. The number of nitrogens with one attached hydrogen (secondary N) is 3. The zero-order valence-corrected chi connectivity index (χ0v) is 17.1. The van der Waals surface area contributed by atoms with E-state index in [9.17, 15) is 9.59 Å². The van der Waals surface area contributed by atoms with Crippen LogP contribution in [0.15, 0.2) is 48.5 Å². The number of rotatable bonds is 7. The number of anilines is 2. The first-order valence-corrected chi connectivity index (χ1v) is 9.57. The molecule has 0 aliphatic heterocycles. The van der Waals surface area contributed by atoms with Crippen LogP contribution < -0.4 is 20.7 Å². The Balaban J connectivity index is 1.95. The molecule has 2 aromatic carbocycles. The van der Waals surface area contributed by atoms with Crippen molar-refractivity contribution in [2.75, 3.05) is 10.6 Å². The second-order valence-corrected chi connectivity index (χ2v) is 6.85. The number of benzene rings is 2. The molecule has 2 aromatic rings. The zero-order valence-electron chi connectivity index (χ0n) is 16.2. The first kappa shape index (κ1) is 21.4. The van der Waals surface area contributed by atoms with Gasteiger partial charge in [-0.05, 0) is 68.9 Å². The van der Waals surface area contributed by atoms with Gasteiger partial charge in [-0.25, -0.2) is 0 Å². The normalized spacial score (nSPS) is 10.3. The molecule has 2 amide bonds. The van der Waals surface area contributed by atoms with E-state index >= 15 is 0 Å². The molecule has 148 valence electrons. The van der Waals surface area contributed by atoms with Gasteiger partial charge in [0.1, 0.15) is 5.75 Å². The Labute approximate surface area is 170 Å². The van der Waals surface area contributed by atoms with Gasteiger partial charge < -0.3 is 15.4 Å². The number of thiocarbonyl (C=S) groups is 1. The van der Waals surface area contributed by atoms with E-state index in [-0.39, 0.29) is 23.0 Å². The summed E-state index contributed by atoms with van der Waals surface area (Å²) in [4.78, 5) is 24.1. The van der Waals surface area contributed by atoms with Crippen molar-refractivity contribution in [2.45, 2.75) is 39.7 Å². The molecule has 0 spiro atoms. The molecular formula is C21H25N3O3S. The van der Waals surface area contributed by atoms with E-state index in [2.05, 4.69) is 16.0 Å². The molecule has 0 saturated carbocycles. The molecular weight excluding hydrogens is 374 g/mol. The zero-order chi connectivity index (χ0) is 20.5. The van der Waals surface area contributed by atoms with E-state index in [1.807, 2.05) is 26.8 Å². The van der Waals surface area contributed by atoms with Crippen molar-refractivity contribution in [3.05, 3.63) is 54.1 Å². The molecule has 0 aromatic heterocycles. The van der Waals surface area contributed by atoms with E-state index < -0.39 is 0 Å². The van der Waals surface area contributed by atoms with Crippen LogP contribution in [-0.2, 0) is 4.79 Å². The smallest absolute Gasteiger partial charge is 0.261 e. The number of hydrogen-bond donors (Lipinski definition) is 3. The van der Waals surface area contributed by atoms with E-state index in [4.69, 9.17) is 17.0 Å². The fraction of sp³-hybridized carbons (Fsp3) is 0.286. The maximum absolute atomic E-state index is 12.5. The first-order valence-electron chi connectivity index (χ1n) is 9.17. The van der Waals surface area contributed by atoms with Gasteiger partial charge in [-0.2, -0.15) is 0 Å². The number of hydrogen-bond acceptors (Lipinski definition) is 4. The average molecular weight is 400 g/mol. The van der Waals surface area contributed by atoms with Crippen LogP contribution in [0.5, 0.6) is 5.75 Å². The van der Waals surface area contributed by atoms with Gasteiger partial charge in [-0.15, -0.1) is 0 Å². The second kappa shape index (κ2) is 10.4. The van der Waals surface area contributed by atoms with Gasteiger partial charge in [0.05, 0.1) is 11.7 Å². The number of carbonyl (C=O) groups excluding carboxylic acids is 2. The maximum Gasteiger partial charge on any atom is 0.261 e. The van der Waals surface area contributed by atoms with E-state index in [1.165, 1.54) is 0 Å². The highest BCUT2D eigenvalue weighted by Gasteiger charge is 2.14. The van der Waals surface area contributed by atoms with Crippen molar-refractivity contribution in [3.63, 3.8) is 0 Å². The van der Waals surface area contributed by atoms with Crippen LogP contribution >= 0.6 is 12.2 Å². The van der Waals surface area contributed by atoms with Crippen molar-refractivity contribution in [1.82, 2.24) is 5.32 Å². The second-order valence-electron chi connectivity index (χ2n) is 6.45. The molecule has 0 saturated heterocycles. The summed E-state index contributed by atoms with van der Waals surface area (Å²) in [6.45, 7) is 5.75. The minimum absolute atomic E-state index is 0.0201. The average Bonchev–Trinajstić information content (AvgIpc) is 2.63. The lowest BCUT2D eigenvalue weighted by molar-refractivity contribution is -0.116. The van der Waals surface area contributed by atoms with Crippen molar-refractivity contribution in [1.29, 1.82) is 0 Å². The Morgan fingerprint density at radius 2 is 1.61 bits per heavy atom. The Morgan fingerprint density at radius 1 is 1.00 bits per heavy atom. The third-order valence-electron chi connectivity index (χ3n) is 3.63. The minimum atomic E-state index is -0.350. The lowest BCUT2D eigenvalue weighted by atomic mass is 10.2. The van der Waals surface area contributed by atoms with Gasteiger partial charge in [0, 0.05) is 17.8 Å². The van der Waals surface area contributed by atoms with E-state index in [0.717, 1.165) is 6.42 Å². The molecule has 28 heavy (non-hydrogen) atoms. The Kier molecular flexibility index (Phi) is 7.95. The van der Waals surface area contributed by atoms with Crippen LogP contribution in [-0.4, -0.2) is 23.0 Å². The van der Waals surface area contributed by atoms with Gasteiger partial charge in [-0.1, -0.05) is 19.1 Å². The predicted molar refractivity (Wildman–Crippen MR) is 116 cm³/mol. The monoisotopic (exact) mass is 399 g/mol. The first-order chi connectivity index (χ1) is 13.4. The van der Waals surface area contributed by atoms with Crippen LogP contribution in [0, 0.1) is 0 Å². The Hall–Kier alpha value is -2.93. The highest BCUT2D eigenvalue weighted by Crippen LogP contribution is 2.19.